The Morgan fingerprint density at radius 1 is 1.32 bits per heavy atom. The summed E-state index contributed by atoms with van der Waals surface area (Å²) >= 11 is 6.07. The quantitative estimate of drug-likeness (QED) is 0.788. The maximum atomic E-state index is 13.0. The topological polar surface area (TPSA) is 54.5 Å². The summed E-state index contributed by atoms with van der Waals surface area (Å²) in [7, 11) is -4.71. The van der Waals surface area contributed by atoms with E-state index in [-0.39, 0.29) is 13.0 Å². The lowest BCUT2D eigenvalue weighted by atomic mass is 10.1. The van der Waals surface area contributed by atoms with Crippen molar-refractivity contribution < 1.29 is 17.1 Å². The molecule has 0 radical (unpaired) electrons. The van der Waals surface area contributed by atoms with E-state index in [0.717, 1.165) is 11.1 Å². The van der Waals surface area contributed by atoms with Gasteiger partial charge in [-0.05, 0) is 37.1 Å². The lowest BCUT2D eigenvalue weighted by Crippen LogP contribution is -2.27. The zero-order valence-electron chi connectivity index (χ0n) is 10.5. The van der Waals surface area contributed by atoms with Crippen LogP contribution in [0.15, 0.2) is 12.1 Å². The Balaban J connectivity index is 2.39. The Labute approximate surface area is 116 Å². The minimum atomic E-state index is -4.71. The van der Waals surface area contributed by atoms with Crippen molar-refractivity contribution in [3.8, 4) is 0 Å². The first-order valence-corrected chi connectivity index (χ1v) is 7.53. The van der Waals surface area contributed by atoms with Crippen molar-refractivity contribution >= 4 is 33.4 Å². The van der Waals surface area contributed by atoms with Crippen LogP contribution in [-0.2, 0) is 15.0 Å². The third kappa shape index (κ3) is 2.74. The summed E-state index contributed by atoms with van der Waals surface area (Å²) in [4.78, 5) is 13.0. The van der Waals surface area contributed by atoms with Crippen molar-refractivity contribution in [1.82, 2.24) is 0 Å². The number of halogens is 2. The number of rotatable bonds is 2. The van der Waals surface area contributed by atoms with Crippen molar-refractivity contribution in [3.05, 3.63) is 28.3 Å². The lowest BCUT2D eigenvalue weighted by Gasteiger charge is -2.19. The van der Waals surface area contributed by atoms with Crippen LogP contribution >= 0.6 is 11.6 Å². The fourth-order valence-electron chi connectivity index (χ4n) is 2.07. The summed E-state index contributed by atoms with van der Waals surface area (Å²) in [5, 5.41) is -0.953. The first kappa shape index (κ1) is 14.3. The normalized spacial score (nSPS) is 20.1. The van der Waals surface area contributed by atoms with E-state index in [9.17, 15) is 17.1 Å². The van der Waals surface area contributed by atoms with E-state index < -0.39 is 21.4 Å². The van der Waals surface area contributed by atoms with Crippen LogP contribution < -0.4 is 4.90 Å². The Hall–Kier alpha value is -1.14. The van der Waals surface area contributed by atoms with Gasteiger partial charge in [-0.25, -0.2) is 0 Å². The average molecular weight is 306 g/mol. The van der Waals surface area contributed by atoms with Gasteiger partial charge in [-0.15, -0.1) is 3.89 Å². The summed E-state index contributed by atoms with van der Waals surface area (Å²) in [5.74, 6) is -0.434. The molecule has 104 valence electrons. The van der Waals surface area contributed by atoms with Gasteiger partial charge in [0.1, 0.15) is 5.25 Å². The van der Waals surface area contributed by atoms with E-state index in [4.69, 9.17) is 11.6 Å². The highest BCUT2D eigenvalue weighted by atomic mass is 35.5. The molecular weight excluding hydrogens is 293 g/mol. The van der Waals surface area contributed by atoms with E-state index in [1.165, 1.54) is 4.90 Å². The zero-order chi connectivity index (χ0) is 14.4. The number of anilines is 1. The maximum Gasteiger partial charge on any atom is 0.307 e. The summed E-state index contributed by atoms with van der Waals surface area (Å²) < 4.78 is 34.7. The molecule has 0 aliphatic carbocycles. The van der Waals surface area contributed by atoms with Crippen molar-refractivity contribution in [2.24, 2.45) is 0 Å². The molecule has 0 bridgehead atoms. The molecule has 2 rings (SSSR count). The van der Waals surface area contributed by atoms with Crippen LogP contribution in [0.1, 0.15) is 17.5 Å². The highest BCUT2D eigenvalue weighted by Crippen LogP contribution is 2.33. The number of carbonyl (C=O) groups is 1. The number of hydrogen-bond acceptors (Lipinski definition) is 3. The molecule has 1 unspecified atom stereocenters. The molecule has 1 fully saturated rings. The average Bonchev–Trinajstić information content (AvgIpc) is 2.65. The molecule has 1 atom stereocenters. The Bertz CT molecular complexity index is 645. The second-order valence-electron chi connectivity index (χ2n) is 4.69. The van der Waals surface area contributed by atoms with Crippen LogP contribution in [0.25, 0.3) is 0 Å². The van der Waals surface area contributed by atoms with E-state index in [1.807, 2.05) is 13.8 Å². The van der Waals surface area contributed by atoms with E-state index >= 15 is 0 Å². The molecule has 4 nitrogen and oxygen atoms in total. The fourth-order valence-corrected chi connectivity index (χ4v) is 3.06. The standard InChI is InChI=1S/C12H13ClFNO3S/c1-7-3-10(13)11(4-8(7)2)15-6-9(5-12(15)16)19(14,17)18/h3-4,9H,5-6H2,1-2H3. The molecule has 0 aromatic heterocycles. The van der Waals surface area contributed by atoms with Gasteiger partial charge in [0.2, 0.25) is 5.91 Å². The third-order valence-electron chi connectivity index (χ3n) is 3.34. The Morgan fingerprint density at radius 2 is 1.89 bits per heavy atom. The van der Waals surface area contributed by atoms with Gasteiger partial charge in [-0.2, -0.15) is 8.42 Å². The van der Waals surface area contributed by atoms with Crippen LogP contribution in [0.2, 0.25) is 5.02 Å². The fraction of sp³-hybridized carbons (Fsp3) is 0.417. The van der Waals surface area contributed by atoms with Crippen molar-refractivity contribution in [2.45, 2.75) is 25.5 Å². The first-order valence-electron chi connectivity index (χ1n) is 5.70. The SMILES string of the molecule is Cc1cc(Cl)c(N2CC(S(=O)(=O)F)CC2=O)cc1C. The summed E-state index contributed by atoms with van der Waals surface area (Å²) in [5.41, 5.74) is 2.33. The molecular formula is C12H13ClFNO3S. The van der Waals surface area contributed by atoms with Crippen LogP contribution in [0, 0.1) is 13.8 Å². The molecule has 19 heavy (non-hydrogen) atoms. The van der Waals surface area contributed by atoms with Crippen molar-refractivity contribution in [2.75, 3.05) is 11.4 Å². The van der Waals surface area contributed by atoms with Gasteiger partial charge in [0.25, 0.3) is 0 Å². The van der Waals surface area contributed by atoms with Crippen molar-refractivity contribution in [3.63, 3.8) is 0 Å². The van der Waals surface area contributed by atoms with Gasteiger partial charge in [0.15, 0.2) is 0 Å². The van der Waals surface area contributed by atoms with E-state index in [0.29, 0.717) is 10.7 Å². The second-order valence-corrected chi connectivity index (χ2v) is 6.72. The van der Waals surface area contributed by atoms with Gasteiger partial charge in [0, 0.05) is 13.0 Å². The molecule has 0 spiro atoms. The molecule has 1 aromatic rings. The van der Waals surface area contributed by atoms with Gasteiger partial charge in [0.05, 0.1) is 10.7 Å². The first-order chi connectivity index (χ1) is 8.70. The minimum Gasteiger partial charge on any atom is -0.309 e. The molecule has 1 aliphatic heterocycles. The zero-order valence-corrected chi connectivity index (χ0v) is 12.1. The van der Waals surface area contributed by atoms with Crippen LogP contribution in [0.3, 0.4) is 0 Å². The van der Waals surface area contributed by atoms with Crippen LogP contribution in [0.4, 0.5) is 9.57 Å². The molecule has 7 heteroatoms. The predicted octanol–water partition coefficient (Wildman–Crippen LogP) is 2.36. The number of benzene rings is 1. The summed E-state index contributed by atoms with van der Waals surface area (Å²) in [6.45, 7) is 3.55. The largest absolute Gasteiger partial charge is 0.309 e. The second kappa shape index (κ2) is 4.76. The number of aryl methyl sites for hydroxylation is 2. The molecule has 1 aliphatic rings. The van der Waals surface area contributed by atoms with Crippen LogP contribution in [0.5, 0.6) is 0 Å². The van der Waals surface area contributed by atoms with Gasteiger partial charge >= 0.3 is 10.2 Å². The van der Waals surface area contributed by atoms with E-state index in [2.05, 4.69) is 0 Å². The number of amides is 1. The Kier molecular flexibility index (Phi) is 3.57. The molecule has 1 aromatic carbocycles. The third-order valence-corrected chi connectivity index (χ3v) is 4.76. The molecule has 1 saturated heterocycles. The summed E-state index contributed by atoms with van der Waals surface area (Å²) in [6, 6.07) is 3.42. The minimum absolute atomic E-state index is 0.195. The number of nitrogens with zero attached hydrogens (tertiary/aromatic N) is 1. The van der Waals surface area contributed by atoms with Gasteiger partial charge in [-0.1, -0.05) is 11.6 Å². The van der Waals surface area contributed by atoms with Crippen LogP contribution in [-0.4, -0.2) is 26.1 Å². The maximum absolute atomic E-state index is 13.0. The van der Waals surface area contributed by atoms with Gasteiger partial charge < -0.3 is 4.90 Å². The lowest BCUT2D eigenvalue weighted by molar-refractivity contribution is -0.117. The highest BCUT2D eigenvalue weighted by Gasteiger charge is 2.39. The molecule has 0 saturated carbocycles. The monoisotopic (exact) mass is 305 g/mol. The predicted molar refractivity (Wildman–Crippen MR) is 71.7 cm³/mol. The smallest absolute Gasteiger partial charge is 0.307 e. The Morgan fingerprint density at radius 3 is 2.42 bits per heavy atom. The molecule has 1 amide bonds. The van der Waals surface area contributed by atoms with Crippen molar-refractivity contribution in [1.29, 1.82) is 0 Å². The molecule has 1 heterocycles. The number of carbonyl (C=O) groups excluding carboxylic acids is 1. The number of hydrogen-bond donors (Lipinski definition) is 0. The molecule has 0 N–H and O–H groups in total. The summed E-state index contributed by atoms with van der Waals surface area (Å²) in [6.07, 6.45) is -0.345. The van der Waals surface area contributed by atoms with Gasteiger partial charge in [-0.3, -0.25) is 4.79 Å². The van der Waals surface area contributed by atoms with E-state index in [1.54, 1.807) is 12.1 Å². The highest BCUT2D eigenvalue weighted by molar-refractivity contribution is 7.87.